The fourth-order valence-corrected chi connectivity index (χ4v) is 1.63. The second kappa shape index (κ2) is 3.57. The van der Waals surface area contributed by atoms with Crippen LogP contribution in [0.15, 0.2) is 22.6 Å². The third kappa shape index (κ3) is 2.34. The number of aliphatic hydroxyl groups is 1. The molecule has 17 heavy (non-hydrogen) atoms. The lowest BCUT2D eigenvalue weighted by molar-refractivity contribution is 0.0787. The molecule has 2 aromatic rings. The number of hydrogen-bond donors (Lipinski definition) is 1. The average Bonchev–Trinajstić information content (AvgIpc) is 2.57. The highest BCUT2D eigenvalue weighted by Gasteiger charge is 2.22. The van der Waals surface area contributed by atoms with Gasteiger partial charge < -0.3 is 9.52 Å². The Labute approximate surface area is 101 Å². The maximum atomic E-state index is 9.96. The Balaban J connectivity index is 2.56. The van der Waals surface area contributed by atoms with Gasteiger partial charge in [0.2, 0.25) is 5.89 Å². The highest BCUT2D eigenvalue weighted by molar-refractivity contribution is 5.73. The van der Waals surface area contributed by atoms with Gasteiger partial charge in [0.15, 0.2) is 5.58 Å². The molecule has 0 unspecified atom stereocenters. The number of rotatable bonds is 1. The maximum absolute atomic E-state index is 9.96. The molecule has 92 valence electrons. The molecule has 2 rings (SSSR count). The zero-order valence-electron chi connectivity index (χ0n) is 11.0. The van der Waals surface area contributed by atoms with Crippen molar-refractivity contribution in [2.45, 2.75) is 45.6 Å². The Morgan fingerprint density at radius 3 is 2.29 bits per heavy atom. The van der Waals surface area contributed by atoms with Gasteiger partial charge in [-0.3, -0.25) is 0 Å². The van der Waals surface area contributed by atoms with Gasteiger partial charge in [0.1, 0.15) is 5.52 Å². The van der Waals surface area contributed by atoms with Crippen molar-refractivity contribution in [1.29, 1.82) is 0 Å². The van der Waals surface area contributed by atoms with E-state index in [1.54, 1.807) is 13.8 Å². The number of benzene rings is 1. The normalized spacial score (nSPS) is 13.3. The molecule has 0 amide bonds. The second-order valence-electron chi connectivity index (χ2n) is 6.01. The van der Waals surface area contributed by atoms with Crippen molar-refractivity contribution in [3.63, 3.8) is 0 Å². The molecule has 1 N–H and O–H groups in total. The van der Waals surface area contributed by atoms with Gasteiger partial charge in [-0.1, -0.05) is 26.8 Å². The van der Waals surface area contributed by atoms with Crippen LogP contribution in [0, 0.1) is 0 Å². The third-order valence-electron chi connectivity index (χ3n) is 2.74. The van der Waals surface area contributed by atoms with Gasteiger partial charge in [-0.2, -0.15) is 0 Å². The van der Waals surface area contributed by atoms with E-state index in [1.807, 2.05) is 18.2 Å². The maximum Gasteiger partial charge on any atom is 0.200 e. The lowest BCUT2D eigenvalue weighted by Gasteiger charge is -2.16. The summed E-state index contributed by atoms with van der Waals surface area (Å²) >= 11 is 0. The third-order valence-corrected chi connectivity index (χ3v) is 2.74. The minimum absolute atomic E-state index is 0.103. The van der Waals surface area contributed by atoms with Gasteiger partial charge in [0, 0.05) is 5.41 Å². The number of aromatic nitrogens is 1. The number of fused-ring (bicyclic) bond motifs is 1. The summed E-state index contributed by atoms with van der Waals surface area (Å²) in [5.41, 5.74) is 1.46. The van der Waals surface area contributed by atoms with Crippen molar-refractivity contribution in [3.8, 4) is 0 Å². The van der Waals surface area contributed by atoms with E-state index in [0.717, 1.165) is 22.6 Å². The highest BCUT2D eigenvalue weighted by atomic mass is 16.3. The van der Waals surface area contributed by atoms with E-state index in [1.165, 1.54) is 0 Å². The van der Waals surface area contributed by atoms with Gasteiger partial charge in [-0.25, -0.2) is 4.98 Å². The fourth-order valence-electron chi connectivity index (χ4n) is 1.63. The standard InChI is InChI=1S/C14H19NO2/c1-13(2,3)12-15-10-8-9(14(4,5)16)6-7-11(10)17-12/h6-8,16H,1-5H3. The van der Waals surface area contributed by atoms with Gasteiger partial charge in [0.05, 0.1) is 5.60 Å². The molecular formula is C14H19NO2. The van der Waals surface area contributed by atoms with E-state index < -0.39 is 5.60 Å². The summed E-state index contributed by atoms with van der Waals surface area (Å²) in [5, 5.41) is 9.96. The Hall–Kier alpha value is -1.35. The molecule has 3 heteroatoms. The molecule has 0 saturated carbocycles. The van der Waals surface area contributed by atoms with Crippen LogP contribution in [0.4, 0.5) is 0 Å². The second-order valence-corrected chi connectivity index (χ2v) is 6.01. The molecule has 0 radical (unpaired) electrons. The number of nitrogens with zero attached hydrogens (tertiary/aromatic N) is 1. The van der Waals surface area contributed by atoms with Crippen LogP contribution in [-0.2, 0) is 11.0 Å². The minimum atomic E-state index is -0.852. The largest absolute Gasteiger partial charge is 0.440 e. The Morgan fingerprint density at radius 1 is 1.12 bits per heavy atom. The van der Waals surface area contributed by atoms with Crippen molar-refractivity contribution in [2.75, 3.05) is 0 Å². The van der Waals surface area contributed by atoms with Crippen LogP contribution < -0.4 is 0 Å². The molecular weight excluding hydrogens is 214 g/mol. The first kappa shape index (κ1) is 12.1. The average molecular weight is 233 g/mol. The quantitative estimate of drug-likeness (QED) is 0.821. The molecule has 0 spiro atoms. The van der Waals surface area contributed by atoms with Crippen molar-refractivity contribution in [1.82, 2.24) is 4.98 Å². The first-order valence-electron chi connectivity index (χ1n) is 5.82. The molecule has 1 aromatic heterocycles. The van der Waals surface area contributed by atoms with E-state index in [9.17, 15) is 5.11 Å². The Kier molecular flexibility index (Phi) is 2.54. The number of oxazole rings is 1. The van der Waals surface area contributed by atoms with E-state index in [-0.39, 0.29) is 5.41 Å². The first-order chi connectivity index (χ1) is 7.68. The van der Waals surface area contributed by atoms with Crippen molar-refractivity contribution in [2.24, 2.45) is 0 Å². The molecule has 1 aromatic carbocycles. The molecule has 0 atom stereocenters. The predicted molar refractivity (Wildman–Crippen MR) is 68.0 cm³/mol. The summed E-state index contributed by atoms with van der Waals surface area (Å²) in [5.74, 6) is 0.723. The van der Waals surface area contributed by atoms with E-state index in [4.69, 9.17) is 4.42 Å². The van der Waals surface area contributed by atoms with Crippen LogP contribution in [0.25, 0.3) is 11.1 Å². The fraction of sp³-hybridized carbons (Fsp3) is 0.500. The lowest BCUT2D eigenvalue weighted by atomic mass is 9.97. The van der Waals surface area contributed by atoms with E-state index >= 15 is 0 Å². The molecule has 0 bridgehead atoms. The van der Waals surface area contributed by atoms with E-state index in [0.29, 0.717) is 0 Å². The topological polar surface area (TPSA) is 46.3 Å². The zero-order chi connectivity index (χ0) is 12.8. The smallest absolute Gasteiger partial charge is 0.200 e. The molecule has 0 aliphatic rings. The lowest BCUT2D eigenvalue weighted by Crippen LogP contribution is -2.15. The molecule has 3 nitrogen and oxygen atoms in total. The van der Waals surface area contributed by atoms with E-state index in [2.05, 4.69) is 25.8 Å². The van der Waals surface area contributed by atoms with Crippen LogP contribution in [-0.4, -0.2) is 10.1 Å². The van der Waals surface area contributed by atoms with Crippen molar-refractivity contribution >= 4 is 11.1 Å². The summed E-state index contributed by atoms with van der Waals surface area (Å²) in [6, 6.07) is 5.62. The molecule has 0 saturated heterocycles. The predicted octanol–water partition coefficient (Wildman–Crippen LogP) is 3.35. The van der Waals surface area contributed by atoms with Crippen molar-refractivity contribution in [3.05, 3.63) is 29.7 Å². The van der Waals surface area contributed by atoms with Gasteiger partial charge in [0.25, 0.3) is 0 Å². The van der Waals surface area contributed by atoms with Crippen LogP contribution in [0.1, 0.15) is 46.1 Å². The molecule has 0 fully saturated rings. The summed E-state index contributed by atoms with van der Waals surface area (Å²) in [6.07, 6.45) is 0. The van der Waals surface area contributed by atoms with Gasteiger partial charge in [-0.15, -0.1) is 0 Å². The van der Waals surface area contributed by atoms with Crippen molar-refractivity contribution < 1.29 is 9.52 Å². The number of hydrogen-bond acceptors (Lipinski definition) is 3. The van der Waals surface area contributed by atoms with Gasteiger partial charge in [-0.05, 0) is 31.5 Å². The van der Waals surface area contributed by atoms with Crippen LogP contribution >= 0.6 is 0 Å². The van der Waals surface area contributed by atoms with Gasteiger partial charge >= 0.3 is 0 Å². The monoisotopic (exact) mass is 233 g/mol. The molecule has 1 heterocycles. The summed E-state index contributed by atoms with van der Waals surface area (Å²) < 4.78 is 5.71. The van der Waals surface area contributed by atoms with Crippen LogP contribution in [0.2, 0.25) is 0 Å². The minimum Gasteiger partial charge on any atom is -0.440 e. The molecule has 0 aliphatic carbocycles. The van der Waals surface area contributed by atoms with Crippen LogP contribution in [0.5, 0.6) is 0 Å². The Morgan fingerprint density at radius 2 is 1.76 bits per heavy atom. The zero-order valence-corrected chi connectivity index (χ0v) is 11.0. The SMILES string of the molecule is CC(C)(C)c1nc2cc(C(C)(C)O)ccc2o1. The Bertz CT molecular complexity index is 529. The van der Waals surface area contributed by atoms with Crippen LogP contribution in [0.3, 0.4) is 0 Å². The first-order valence-corrected chi connectivity index (χ1v) is 5.82. The highest BCUT2D eigenvalue weighted by Crippen LogP contribution is 2.28. The summed E-state index contributed by atoms with van der Waals surface area (Å²) in [6.45, 7) is 9.72. The molecule has 0 aliphatic heterocycles. The summed E-state index contributed by atoms with van der Waals surface area (Å²) in [7, 11) is 0. The summed E-state index contributed by atoms with van der Waals surface area (Å²) in [4.78, 5) is 4.48.